The summed E-state index contributed by atoms with van der Waals surface area (Å²) < 4.78 is 5.45. The van der Waals surface area contributed by atoms with Crippen molar-refractivity contribution in [2.45, 2.75) is 6.42 Å². The van der Waals surface area contributed by atoms with Crippen LogP contribution in [0.5, 0.6) is 5.75 Å². The summed E-state index contributed by atoms with van der Waals surface area (Å²) in [4.78, 5) is 0. The maximum Gasteiger partial charge on any atom is 0.204 e. The van der Waals surface area contributed by atoms with Crippen LogP contribution in [0.15, 0.2) is 18.2 Å². The molecule has 5 nitrogen and oxygen atoms in total. The number of tetrazole rings is 1. The Kier molecular flexibility index (Phi) is 1.50. The van der Waals surface area contributed by atoms with Crippen molar-refractivity contribution < 1.29 is 4.74 Å². The van der Waals surface area contributed by atoms with Crippen LogP contribution in [-0.4, -0.2) is 27.2 Å². The van der Waals surface area contributed by atoms with Crippen LogP contribution in [0.1, 0.15) is 5.56 Å². The smallest absolute Gasteiger partial charge is 0.204 e. The molecule has 0 radical (unpaired) electrons. The average molecular weight is 188 g/mol. The van der Waals surface area contributed by atoms with Crippen molar-refractivity contribution in [2.75, 3.05) is 6.61 Å². The highest BCUT2D eigenvalue weighted by Crippen LogP contribution is 2.29. The molecule has 0 bridgehead atoms. The molecule has 0 saturated carbocycles. The van der Waals surface area contributed by atoms with Gasteiger partial charge in [-0.05, 0) is 16.8 Å². The molecule has 5 heteroatoms. The molecule has 0 saturated heterocycles. The van der Waals surface area contributed by atoms with E-state index in [-0.39, 0.29) is 0 Å². The zero-order valence-electron chi connectivity index (χ0n) is 7.40. The predicted octanol–water partition coefficient (Wildman–Crippen LogP) is 0.802. The van der Waals surface area contributed by atoms with E-state index in [0.717, 1.165) is 24.3 Å². The highest BCUT2D eigenvalue weighted by atomic mass is 16.5. The molecule has 0 amide bonds. The van der Waals surface area contributed by atoms with Gasteiger partial charge in [-0.15, -0.1) is 10.2 Å². The van der Waals surface area contributed by atoms with E-state index in [1.54, 1.807) is 0 Å². The molecule has 0 aliphatic carbocycles. The number of hydrogen-bond donors (Lipinski definition) is 1. The first-order valence-corrected chi connectivity index (χ1v) is 4.43. The van der Waals surface area contributed by atoms with Crippen molar-refractivity contribution in [1.29, 1.82) is 0 Å². The van der Waals surface area contributed by atoms with E-state index in [9.17, 15) is 0 Å². The van der Waals surface area contributed by atoms with E-state index >= 15 is 0 Å². The summed E-state index contributed by atoms with van der Waals surface area (Å²) in [5.74, 6) is 1.54. The molecule has 0 spiro atoms. The van der Waals surface area contributed by atoms with Gasteiger partial charge < -0.3 is 4.74 Å². The molecule has 0 atom stereocenters. The lowest BCUT2D eigenvalue weighted by molar-refractivity contribution is 0.357. The SMILES string of the molecule is c1cc2c(cc1-c1nn[nH]n1)OCC2. The monoisotopic (exact) mass is 188 g/mol. The minimum atomic E-state index is 0.600. The average Bonchev–Trinajstić information content (AvgIpc) is 2.88. The third kappa shape index (κ3) is 1.06. The van der Waals surface area contributed by atoms with Gasteiger partial charge in [-0.25, -0.2) is 0 Å². The third-order valence-corrected chi connectivity index (χ3v) is 2.30. The zero-order chi connectivity index (χ0) is 9.38. The Balaban J connectivity index is 2.09. The van der Waals surface area contributed by atoms with Gasteiger partial charge in [0.05, 0.1) is 6.61 Å². The first kappa shape index (κ1) is 7.49. The molecule has 3 rings (SSSR count). The van der Waals surface area contributed by atoms with Crippen LogP contribution in [0.2, 0.25) is 0 Å². The van der Waals surface area contributed by atoms with Gasteiger partial charge in [0.2, 0.25) is 5.82 Å². The largest absolute Gasteiger partial charge is 0.493 e. The molecule has 70 valence electrons. The number of ether oxygens (including phenoxy) is 1. The maximum atomic E-state index is 5.45. The molecule has 2 aromatic rings. The van der Waals surface area contributed by atoms with Crippen LogP contribution in [0, 0.1) is 0 Å². The van der Waals surface area contributed by atoms with Gasteiger partial charge in [-0.2, -0.15) is 5.21 Å². The Bertz CT molecular complexity index is 452. The Labute approximate surface area is 80.1 Å². The predicted molar refractivity (Wildman–Crippen MR) is 48.8 cm³/mol. The number of nitrogens with zero attached hydrogens (tertiary/aromatic N) is 3. The summed E-state index contributed by atoms with van der Waals surface area (Å²) in [6, 6.07) is 5.99. The highest BCUT2D eigenvalue weighted by molar-refractivity contribution is 5.59. The second-order valence-corrected chi connectivity index (χ2v) is 3.16. The normalized spacial score (nSPS) is 13.7. The number of fused-ring (bicyclic) bond motifs is 1. The first-order chi connectivity index (χ1) is 6.93. The molecule has 0 unspecified atom stereocenters. The van der Waals surface area contributed by atoms with Crippen molar-refractivity contribution in [2.24, 2.45) is 0 Å². The van der Waals surface area contributed by atoms with E-state index in [0.29, 0.717) is 5.82 Å². The Morgan fingerprint density at radius 2 is 2.36 bits per heavy atom. The Hall–Kier alpha value is -1.91. The summed E-state index contributed by atoms with van der Waals surface area (Å²) in [7, 11) is 0. The van der Waals surface area contributed by atoms with E-state index < -0.39 is 0 Å². The number of hydrogen-bond acceptors (Lipinski definition) is 4. The summed E-state index contributed by atoms with van der Waals surface area (Å²) >= 11 is 0. The molecule has 1 aromatic heterocycles. The molecular formula is C9H8N4O. The van der Waals surface area contributed by atoms with Gasteiger partial charge in [0.25, 0.3) is 0 Å². The molecule has 0 fully saturated rings. The van der Waals surface area contributed by atoms with Crippen LogP contribution in [0.25, 0.3) is 11.4 Å². The van der Waals surface area contributed by atoms with Gasteiger partial charge in [0.1, 0.15) is 5.75 Å². The van der Waals surface area contributed by atoms with E-state index in [1.165, 1.54) is 5.56 Å². The second kappa shape index (κ2) is 2.80. The molecule has 1 aliphatic heterocycles. The summed E-state index contributed by atoms with van der Waals surface area (Å²) in [6.07, 6.45) is 0.988. The van der Waals surface area contributed by atoms with Crippen LogP contribution in [0.3, 0.4) is 0 Å². The van der Waals surface area contributed by atoms with Gasteiger partial charge >= 0.3 is 0 Å². The standard InChI is InChI=1S/C9H8N4O/c1-2-7(9-10-12-13-11-9)5-8-6(1)3-4-14-8/h1-2,5H,3-4H2,(H,10,11,12,13). The van der Waals surface area contributed by atoms with Gasteiger partial charge in [-0.1, -0.05) is 12.1 Å². The first-order valence-electron chi connectivity index (χ1n) is 4.43. The molecule has 1 N–H and O–H groups in total. The molecular weight excluding hydrogens is 180 g/mol. The fraction of sp³-hybridized carbons (Fsp3) is 0.222. The van der Waals surface area contributed by atoms with Crippen LogP contribution >= 0.6 is 0 Å². The quantitative estimate of drug-likeness (QED) is 0.719. The lowest BCUT2D eigenvalue weighted by Crippen LogP contribution is -1.86. The number of H-pyrrole nitrogens is 1. The van der Waals surface area contributed by atoms with Crippen molar-refractivity contribution in [1.82, 2.24) is 20.6 Å². The number of aromatic nitrogens is 4. The van der Waals surface area contributed by atoms with Crippen molar-refractivity contribution >= 4 is 0 Å². The van der Waals surface area contributed by atoms with Gasteiger partial charge in [-0.3, -0.25) is 0 Å². The molecule has 1 aromatic carbocycles. The second-order valence-electron chi connectivity index (χ2n) is 3.16. The van der Waals surface area contributed by atoms with Crippen LogP contribution in [0.4, 0.5) is 0 Å². The fourth-order valence-electron chi connectivity index (χ4n) is 1.59. The third-order valence-electron chi connectivity index (χ3n) is 2.30. The van der Waals surface area contributed by atoms with Crippen LogP contribution < -0.4 is 4.74 Å². The maximum absolute atomic E-state index is 5.45. The van der Waals surface area contributed by atoms with E-state index in [4.69, 9.17) is 4.74 Å². The topological polar surface area (TPSA) is 63.7 Å². The minimum Gasteiger partial charge on any atom is -0.493 e. The van der Waals surface area contributed by atoms with Crippen molar-refractivity contribution in [3.63, 3.8) is 0 Å². The Morgan fingerprint density at radius 1 is 1.36 bits per heavy atom. The lowest BCUT2D eigenvalue weighted by Gasteiger charge is -1.99. The van der Waals surface area contributed by atoms with Crippen LogP contribution in [-0.2, 0) is 6.42 Å². The minimum absolute atomic E-state index is 0.600. The highest BCUT2D eigenvalue weighted by Gasteiger charge is 2.13. The van der Waals surface area contributed by atoms with Gasteiger partial charge in [0, 0.05) is 12.0 Å². The summed E-state index contributed by atoms with van der Waals surface area (Å²) in [5.41, 5.74) is 2.18. The number of aromatic amines is 1. The number of rotatable bonds is 1. The number of benzene rings is 1. The molecule has 1 aliphatic rings. The summed E-state index contributed by atoms with van der Waals surface area (Å²) in [5, 5.41) is 13.8. The zero-order valence-corrected chi connectivity index (χ0v) is 7.40. The molecule has 2 heterocycles. The van der Waals surface area contributed by atoms with Crippen molar-refractivity contribution in [3.05, 3.63) is 23.8 Å². The number of nitrogens with one attached hydrogen (secondary N) is 1. The van der Waals surface area contributed by atoms with Gasteiger partial charge in [0.15, 0.2) is 0 Å². The Morgan fingerprint density at radius 3 is 3.21 bits per heavy atom. The summed E-state index contributed by atoms with van der Waals surface area (Å²) in [6.45, 7) is 0.769. The van der Waals surface area contributed by atoms with E-state index in [1.807, 2.05) is 18.2 Å². The molecule has 14 heavy (non-hydrogen) atoms. The lowest BCUT2D eigenvalue weighted by atomic mass is 10.1. The van der Waals surface area contributed by atoms with Crippen molar-refractivity contribution in [3.8, 4) is 17.1 Å². The van der Waals surface area contributed by atoms with E-state index in [2.05, 4.69) is 20.6 Å². The fourth-order valence-corrected chi connectivity index (χ4v) is 1.59.